The smallest absolute Gasteiger partial charge is 0.260 e. The molecule has 1 fully saturated rings. The zero-order chi connectivity index (χ0) is 21.8. The Balaban J connectivity index is 1.57. The molecule has 0 aromatic heterocycles. The van der Waals surface area contributed by atoms with Crippen LogP contribution < -0.4 is 10.5 Å². The number of nitrogens with two attached hydrogens (primary N) is 1. The lowest BCUT2D eigenvalue weighted by molar-refractivity contribution is -0.139. The lowest BCUT2D eigenvalue weighted by Crippen LogP contribution is -2.58. The van der Waals surface area contributed by atoms with E-state index in [2.05, 4.69) is 11.8 Å². The van der Waals surface area contributed by atoms with Crippen LogP contribution in [0.1, 0.15) is 35.3 Å². The number of hydrogen-bond acceptors (Lipinski definition) is 4. The SMILES string of the molecule is Cc1cc(C(N)=O)ccc1OCC(=O)N1C[C@H](C)N(Cc2ccc(F)cc2)C[C@H]1C. The number of hydrogen-bond donors (Lipinski definition) is 1. The van der Waals surface area contributed by atoms with Crippen LogP contribution in [0.4, 0.5) is 4.39 Å². The molecule has 0 spiro atoms. The number of carbonyl (C=O) groups excluding carboxylic acids is 2. The molecule has 2 atom stereocenters. The van der Waals surface area contributed by atoms with Crippen LogP contribution in [0.15, 0.2) is 42.5 Å². The number of primary amides is 1. The number of aryl methyl sites for hydroxylation is 1. The van der Waals surface area contributed by atoms with Crippen LogP contribution in [-0.4, -0.2) is 53.4 Å². The standard InChI is InChI=1S/C23H28FN3O3/c1-15-10-19(23(25)29)6-9-21(15)30-14-22(28)27-12-16(2)26(11-17(27)3)13-18-4-7-20(24)8-5-18/h4-10,16-17H,11-14H2,1-3H3,(H2,25,29)/t16-,17+/m0/s1. The number of amides is 2. The van der Waals surface area contributed by atoms with Gasteiger partial charge in [0.2, 0.25) is 5.91 Å². The van der Waals surface area contributed by atoms with Gasteiger partial charge < -0.3 is 15.4 Å². The number of benzene rings is 2. The van der Waals surface area contributed by atoms with Gasteiger partial charge in [-0.2, -0.15) is 0 Å². The third-order valence-electron chi connectivity index (χ3n) is 5.54. The van der Waals surface area contributed by atoms with Crippen molar-refractivity contribution in [3.05, 3.63) is 65.0 Å². The zero-order valence-corrected chi connectivity index (χ0v) is 17.6. The molecule has 1 saturated heterocycles. The minimum absolute atomic E-state index is 0.0380. The molecule has 0 unspecified atom stereocenters. The molecule has 6 nitrogen and oxygen atoms in total. The van der Waals surface area contributed by atoms with Gasteiger partial charge in [-0.25, -0.2) is 4.39 Å². The third kappa shape index (κ3) is 5.16. The number of rotatable bonds is 6. The summed E-state index contributed by atoms with van der Waals surface area (Å²) in [5, 5.41) is 0. The minimum Gasteiger partial charge on any atom is -0.483 e. The van der Waals surface area contributed by atoms with Gasteiger partial charge in [-0.05, 0) is 62.2 Å². The van der Waals surface area contributed by atoms with Crippen molar-refractivity contribution in [2.24, 2.45) is 5.73 Å². The molecular formula is C23H28FN3O3. The highest BCUT2D eigenvalue weighted by Gasteiger charge is 2.32. The number of piperazine rings is 1. The van der Waals surface area contributed by atoms with E-state index < -0.39 is 5.91 Å². The van der Waals surface area contributed by atoms with Gasteiger partial charge in [-0.1, -0.05) is 12.1 Å². The van der Waals surface area contributed by atoms with Crippen molar-refractivity contribution in [3.8, 4) is 5.75 Å². The molecule has 30 heavy (non-hydrogen) atoms. The Morgan fingerprint density at radius 1 is 1.10 bits per heavy atom. The summed E-state index contributed by atoms with van der Waals surface area (Å²) in [5.41, 5.74) is 7.50. The van der Waals surface area contributed by atoms with Crippen LogP contribution in [0, 0.1) is 12.7 Å². The Morgan fingerprint density at radius 3 is 2.43 bits per heavy atom. The summed E-state index contributed by atoms with van der Waals surface area (Å²) in [6, 6.07) is 11.7. The Bertz CT molecular complexity index is 916. The van der Waals surface area contributed by atoms with Gasteiger partial charge in [0.15, 0.2) is 6.61 Å². The highest BCUT2D eigenvalue weighted by Crippen LogP contribution is 2.21. The molecule has 7 heteroatoms. The second kappa shape index (κ2) is 9.26. The molecule has 2 aromatic carbocycles. The van der Waals surface area contributed by atoms with Gasteiger partial charge >= 0.3 is 0 Å². The molecular weight excluding hydrogens is 385 g/mol. The Hall–Kier alpha value is -2.93. The molecule has 0 saturated carbocycles. The van der Waals surface area contributed by atoms with Crippen LogP contribution in [-0.2, 0) is 11.3 Å². The van der Waals surface area contributed by atoms with E-state index in [-0.39, 0.29) is 30.4 Å². The zero-order valence-electron chi connectivity index (χ0n) is 17.6. The second-order valence-electron chi connectivity index (χ2n) is 7.93. The largest absolute Gasteiger partial charge is 0.483 e. The fourth-order valence-corrected chi connectivity index (χ4v) is 3.78. The van der Waals surface area contributed by atoms with Crippen molar-refractivity contribution in [2.75, 3.05) is 19.7 Å². The highest BCUT2D eigenvalue weighted by molar-refractivity contribution is 5.93. The topological polar surface area (TPSA) is 75.9 Å². The average Bonchev–Trinajstić information content (AvgIpc) is 2.70. The van der Waals surface area contributed by atoms with Gasteiger partial charge in [0, 0.05) is 37.3 Å². The Labute approximate surface area is 176 Å². The van der Waals surface area contributed by atoms with E-state index in [0.29, 0.717) is 17.9 Å². The van der Waals surface area contributed by atoms with Crippen molar-refractivity contribution in [2.45, 2.75) is 39.4 Å². The predicted molar refractivity (Wildman–Crippen MR) is 113 cm³/mol. The van der Waals surface area contributed by atoms with Gasteiger partial charge in [0.05, 0.1) is 0 Å². The maximum Gasteiger partial charge on any atom is 0.260 e. The molecule has 0 bridgehead atoms. The summed E-state index contributed by atoms with van der Waals surface area (Å²) < 4.78 is 18.8. The van der Waals surface area contributed by atoms with E-state index in [1.165, 1.54) is 12.1 Å². The summed E-state index contributed by atoms with van der Waals surface area (Å²) in [6.45, 7) is 7.91. The summed E-state index contributed by atoms with van der Waals surface area (Å²) >= 11 is 0. The van der Waals surface area contributed by atoms with E-state index >= 15 is 0 Å². The molecule has 2 amide bonds. The predicted octanol–water partition coefficient (Wildman–Crippen LogP) is 2.73. The van der Waals surface area contributed by atoms with Crippen LogP contribution in [0.5, 0.6) is 5.75 Å². The molecule has 0 radical (unpaired) electrons. The van der Waals surface area contributed by atoms with Crippen molar-refractivity contribution < 1.29 is 18.7 Å². The minimum atomic E-state index is -0.498. The van der Waals surface area contributed by atoms with Crippen LogP contribution >= 0.6 is 0 Å². The fraction of sp³-hybridized carbons (Fsp3) is 0.391. The monoisotopic (exact) mass is 413 g/mol. The van der Waals surface area contributed by atoms with Crippen molar-refractivity contribution in [3.63, 3.8) is 0 Å². The fourth-order valence-electron chi connectivity index (χ4n) is 3.78. The molecule has 1 aliphatic heterocycles. The second-order valence-corrected chi connectivity index (χ2v) is 7.93. The molecule has 0 aliphatic carbocycles. The molecule has 3 rings (SSSR count). The average molecular weight is 413 g/mol. The first-order valence-corrected chi connectivity index (χ1v) is 10.1. The summed E-state index contributed by atoms with van der Waals surface area (Å²) in [5.74, 6) is -0.254. The molecule has 1 heterocycles. The lowest BCUT2D eigenvalue weighted by atomic mass is 10.1. The normalized spacial score (nSPS) is 19.5. The first kappa shape index (κ1) is 21.8. The number of ether oxygens (including phenoxy) is 1. The van der Waals surface area contributed by atoms with Crippen molar-refractivity contribution >= 4 is 11.8 Å². The van der Waals surface area contributed by atoms with E-state index in [1.54, 1.807) is 30.3 Å². The van der Waals surface area contributed by atoms with Crippen LogP contribution in [0.25, 0.3) is 0 Å². The number of nitrogens with zero attached hydrogens (tertiary/aromatic N) is 2. The summed E-state index contributed by atoms with van der Waals surface area (Å²) in [7, 11) is 0. The Morgan fingerprint density at radius 2 is 1.80 bits per heavy atom. The lowest BCUT2D eigenvalue weighted by Gasteiger charge is -2.44. The first-order valence-electron chi connectivity index (χ1n) is 10.1. The first-order chi connectivity index (χ1) is 14.2. The number of carbonyl (C=O) groups is 2. The van der Waals surface area contributed by atoms with Gasteiger partial charge in [0.25, 0.3) is 5.91 Å². The number of halogens is 1. The van der Waals surface area contributed by atoms with E-state index in [9.17, 15) is 14.0 Å². The maximum atomic E-state index is 13.1. The van der Waals surface area contributed by atoms with Crippen LogP contribution in [0.3, 0.4) is 0 Å². The summed E-state index contributed by atoms with van der Waals surface area (Å²) in [6.07, 6.45) is 0. The molecule has 2 N–H and O–H groups in total. The van der Waals surface area contributed by atoms with Gasteiger partial charge in [-0.15, -0.1) is 0 Å². The van der Waals surface area contributed by atoms with Crippen molar-refractivity contribution in [1.29, 1.82) is 0 Å². The Kier molecular flexibility index (Phi) is 6.72. The quantitative estimate of drug-likeness (QED) is 0.790. The van der Waals surface area contributed by atoms with Gasteiger partial charge in [-0.3, -0.25) is 14.5 Å². The van der Waals surface area contributed by atoms with E-state index in [1.807, 2.05) is 18.7 Å². The third-order valence-corrected chi connectivity index (χ3v) is 5.54. The van der Waals surface area contributed by atoms with Gasteiger partial charge in [0.1, 0.15) is 11.6 Å². The summed E-state index contributed by atoms with van der Waals surface area (Å²) in [4.78, 5) is 28.2. The van der Waals surface area contributed by atoms with Crippen molar-refractivity contribution in [1.82, 2.24) is 9.80 Å². The van der Waals surface area contributed by atoms with Crippen LogP contribution in [0.2, 0.25) is 0 Å². The molecule has 2 aromatic rings. The van der Waals surface area contributed by atoms with E-state index in [4.69, 9.17) is 10.5 Å². The molecule has 160 valence electrons. The highest BCUT2D eigenvalue weighted by atomic mass is 19.1. The maximum absolute atomic E-state index is 13.1. The van der Waals surface area contributed by atoms with E-state index in [0.717, 1.165) is 24.2 Å². The molecule has 1 aliphatic rings.